The van der Waals surface area contributed by atoms with Gasteiger partial charge in [0.25, 0.3) is 0 Å². The molecule has 0 saturated heterocycles. The van der Waals surface area contributed by atoms with Crippen LogP contribution in [0.2, 0.25) is 0 Å². The number of aromatic hydroxyl groups is 1. The van der Waals surface area contributed by atoms with Crippen molar-refractivity contribution < 1.29 is 19.4 Å². The van der Waals surface area contributed by atoms with E-state index in [1.54, 1.807) is 6.92 Å². The Hall–Kier alpha value is -1.88. The van der Waals surface area contributed by atoms with Gasteiger partial charge in [-0.25, -0.2) is 4.79 Å². The van der Waals surface area contributed by atoms with Gasteiger partial charge in [-0.1, -0.05) is 18.6 Å². The quantitative estimate of drug-likeness (QED) is 0.756. The maximum atomic E-state index is 11.4. The van der Waals surface area contributed by atoms with Gasteiger partial charge >= 0.3 is 5.63 Å². The number of ketones is 1. The molecule has 0 radical (unpaired) electrons. The van der Waals surface area contributed by atoms with Crippen LogP contribution in [0, 0.1) is 12.8 Å². The van der Waals surface area contributed by atoms with Crippen LogP contribution in [0.25, 0.3) is 0 Å². The first-order valence-corrected chi connectivity index (χ1v) is 7.39. The predicted octanol–water partition coefficient (Wildman–Crippen LogP) is 2.51. The fourth-order valence-electron chi connectivity index (χ4n) is 2.05. The van der Waals surface area contributed by atoms with Gasteiger partial charge in [-0.15, -0.1) is 0 Å². The molecule has 22 heavy (non-hydrogen) atoms. The first kappa shape index (κ1) is 18.2. The van der Waals surface area contributed by atoms with Crippen LogP contribution in [0.15, 0.2) is 26.9 Å². The second-order valence-corrected chi connectivity index (χ2v) is 5.82. The molecule has 0 aliphatic rings. The fourth-order valence-corrected chi connectivity index (χ4v) is 2.05. The molecule has 0 aromatic carbocycles. The number of rotatable bonds is 7. The summed E-state index contributed by atoms with van der Waals surface area (Å²) in [5.41, 5.74) is 0.610. The molecule has 1 rings (SSSR count). The van der Waals surface area contributed by atoms with Crippen LogP contribution < -0.4 is 5.63 Å². The molecule has 0 aliphatic carbocycles. The fraction of sp³-hybridized carbons (Fsp3) is 0.529. The van der Waals surface area contributed by atoms with E-state index >= 15 is 0 Å². The van der Waals surface area contributed by atoms with E-state index in [4.69, 9.17) is 4.42 Å². The van der Waals surface area contributed by atoms with Crippen molar-refractivity contribution in [3.63, 3.8) is 0 Å². The molecule has 122 valence electrons. The predicted molar refractivity (Wildman–Crippen MR) is 83.9 cm³/mol. The van der Waals surface area contributed by atoms with Gasteiger partial charge in [0.1, 0.15) is 17.3 Å². The maximum Gasteiger partial charge on any atom is 0.342 e. The highest BCUT2D eigenvalue weighted by molar-refractivity contribution is 5.79. The Morgan fingerprint density at radius 1 is 1.41 bits per heavy atom. The summed E-state index contributed by atoms with van der Waals surface area (Å²) in [7, 11) is 0. The lowest BCUT2D eigenvalue weighted by molar-refractivity contribution is -0.118. The third-order valence-corrected chi connectivity index (χ3v) is 3.70. The number of carbonyl (C=O) groups is 1. The Bertz CT molecular complexity index is 612. The van der Waals surface area contributed by atoms with Crippen LogP contribution in [-0.4, -0.2) is 22.1 Å². The third kappa shape index (κ3) is 5.48. The number of allylic oxidation sites excluding steroid dienone is 2. The van der Waals surface area contributed by atoms with Crippen molar-refractivity contribution in [3.8, 4) is 5.75 Å². The highest BCUT2D eigenvalue weighted by atomic mass is 16.4. The zero-order chi connectivity index (χ0) is 16.9. The molecule has 0 aliphatic heterocycles. The largest absolute Gasteiger partial charge is 0.507 e. The summed E-state index contributed by atoms with van der Waals surface area (Å²) in [5.74, 6) is 0.130. The van der Waals surface area contributed by atoms with Crippen LogP contribution in [0.4, 0.5) is 0 Å². The number of hydrogen-bond donors (Lipinski definition) is 2. The lowest BCUT2D eigenvalue weighted by Crippen LogP contribution is -2.13. The van der Waals surface area contributed by atoms with Crippen molar-refractivity contribution >= 4 is 5.78 Å². The Balaban J connectivity index is 2.59. The van der Waals surface area contributed by atoms with Gasteiger partial charge in [0.2, 0.25) is 0 Å². The molecule has 2 unspecified atom stereocenters. The van der Waals surface area contributed by atoms with E-state index in [1.807, 2.05) is 19.9 Å². The van der Waals surface area contributed by atoms with Gasteiger partial charge in [-0.3, -0.25) is 4.79 Å². The summed E-state index contributed by atoms with van der Waals surface area (Å²) in [5, 5.41) is 19.6. The molecule has 0 amide bonds. The van der Waals surface area contributed by atoms with Crippen LogP contribution in [0.5, 0.6) is 5.75 Å². The van der Waals surface area contributed by atoms with Gasteiger partial charge in [0, 0.05) is 18.4 Å². The number of Topliss-reactive ketones (excluding diaryl/α,β-unsaturated/α-hetero) is 1. The van der Waals surface area contributed by atoms with Crippen molar-refractivity contribution in [1.82, 2.24) is 0 Å². The molecule has 2 N–H and O–H groups in total. The Kier molecular flexibility index (Phi) is 6.56. The van der Waals surface area contributed by atoms with Gasteiger partial charge in [0.05, 0.1) is 11.7 Å². The molecule has 0 fully saturated rings. The molecular formula is C17H24O5. The lowest BCUT2D eigenvalue weighted by Gasteiger charge is -2.11. The van der Waals surface area contributed by atoms with E-state index in [2.05, 4.69) is 0 Å². The topological polar surface area (TPSA) is 87.7 Å². The lowest BCUT2D eigenvalue weighted by atomic mass is 9.99. The summed E-state index contributed by atoms with van der Waals surface area (Å²) in [6.07, 6.45) is 2.53. The number of aliphatic hydroxyl groups excluding tert-OH is 1. The summed E-state index contributed by atoms with van der Waals surface area (Å²) in [4.78, 5) is 22.6. The normalized spacial score (nSPS) is 14.7. The first-order chi connectivity index (χ1) is 10.2. The smallest absolute Gasteiger partial charge is 0.342 e. The minimum atomic E-state index is -0.679. The van der Waals surface area contributed by atoms with Crippen molar-refractivity contribution in [1.29, 1.82) is 0 Å². The zero-order valence-corrected chi connectivity index (χ0v) is 13.5. The van der Waals surface area contributed by atoms with Crippen molar-refractivity contribution in [2.45, 2.75) is 53.1 Å². The van der Waals surface area contributed by atoms with Gasteiger partial charge in [-0.2, -0.15) is 0 Å². The molecule has 5 heteroatoms. The minimum Gasteiger partial charge on any atom is -0.507 e. The molecular weight excluding hydrogens is 284 g/mol. The van der Waals surface area contributed by atoms with E-state index in [0.29, 0.717) is 12.8 Å². The van der Waals surface area contributed by atoms with Gasteiger partial charge < -0.3 is 14.6 Å². The monoisotopic (exact) mass is 308 g/mol. The van der Waals surface area contributed by atoms with E-state index in [0.717, 1.165) is 5.57 Å². The maximum absolute atomic E-state index is 11.4. The Morgan fingerprint density at radius 2 is 2.05 bits per heavy atom. The molecule has 0 bridgehead atoms. The third-order valence-electron chi connectivity index (χ3n) is 3.70. The number of hydrogen-bond acceptors (Lipinski definition) is 5. The van der Waals surface area contributed by atoms with Crippen LogP contribution >= 0.6 is 0 Å². The summed E-state index contributed by atoms with van der Waals surface area (Å²) >= 11 is 0. The summed E-state index contributed by atoms with van der Waals surface area (Å²) in [6.45, 7) is 6.79. The van der Waals surface area contributed by atoms with E-state index in [-0.39, 0.29) is 35.2 Å². The molecule has 2 atom stereocenters. The average molecular weight is 308 g/mol. The minimum absolute atomic E-state index is 0.108. The zero-order valence-electron chi connectivity index (χ0n) is 13.5. The molecule has 0 saturated carbocycles. The molecule has 1 heterocycles. The van der Waals surface area contributed by atoms with Crippen LogP contribution in [0.1, 0.15) is 44.9 Å². The highest BCUT2D eigenvalue weighted by Gasteiger charge is 2.12. The van der Waals surface area contributed by atoms with E-state index < -0.39 is 11.7 Å². The SMILES string of the molecule is CC(=O)C(C)C=C(C)CCC(O)Cc1cc(O)c(C)c(=O)o1. The Labute approximate surface area is 130 Å². The highest BCUT2D eigenvalue weighted by Crippen LogP contribution is 2.17. The van der Waals surface area contributed by atoms with Crippen molar-refractivity contribution in [3.05, 3.63) is 39.5 Å². The van der Waals surface area contributed by atoms with Crippen molar-refractivity contribution in [2.75, 3.05) is 0 Å². The summed E-state index contributed by atoms with van der Waals surface area (Å²) < 4.78 is 5.03. The molecule has 5 nitrogen and oxygen atoms in total. The van der Waals surface area contributed by atoms with Crippen molar-refractivity contribution in [2.24, 2.45) is 5.92 Å². The number of aliphatic hydroxyl groups is 1. The van der Waals surface area contributed by atoms with Gasteiger partial charge in [-0.05, 0) is 33.6 Å². The van der Waals surface area contributed by atoms with Crippen LogP contribution in [-0.2, 0) is 11.2 Å². The van der Waals surface area contributed by atoms with Crippen LogP contribution in [0.3, 0.4) is 0 Å². The van der Waals surface area contributed by atoms with Gasteiger partial charge in [0.15, 0.2) is 0 Å². The van der Waals surface area contributed by atoms with E-state index in [1.165, 1.54) is 13.0 Å². The molecule has 1 aromatic heterocycles. The molecule has 0 spiro atoms. The standard InChI is InChI=1S/C17H24O5/c1-10(7-11(2)13(4)18)5-6-14(19)8-15-9-16(20)12(3)17(21)22-15/h7,9,11,14,19-20H,5-6,8H2,1-4H3. The number of carbonyl (C=O) groups excluding carboxylic acids is 1. The van der Waals surface area contributed by atoms with E-state index in [9.17, 15) is 19.8 Å². The summed E-state index contributed by atoms with van der Waals surface area (Å²) in [6, 6.07) is 1.36. The first-order valence-electron chi connectivity index (χ1n) is 7.39. The second kappa shape index (κ2) is 7.94. The second-order valence-electron chi connectivity index (χ2n) is 5.82. The average Bonchev–Trinajstić information content (AvgIpc) is 2.42. The molecule has 1 aromatic rings. The Morgan fingerprint density at radius 3 is 2.59 bits per heavy atom.